The van der Waals surface area contributed by atoms with Gasteiger partial charge in [-0.25, -0.2) is 0 Å². The van der Waals surface area contributed by atoms with Gasteiger partial charge in [-0.15, -0.1) is 0 Å². The molecular weight excluding hydrogens is 236 g/mol. The molecular formula is C17H16O2. The van der Waals surface area contributed by atoms with Gasteiger partial charge in [0.1, 0.15) is 18.1 Å². The van der Waals surface area contributed by atoms with Gasteiger partial charge >= 0.3 is 0 Å². The summed E-state index contributed by atoms with van der Waals surface area (Å²) in [6.45, 7) is 4.77. The Kier molecular flexibility index (Phi) is 2.79. The van der Waals surface area contributed by atoms with Crippen LogP contribution < -0.4 is 4.74 Å². The second-order valence-electron chi connectivity index (χ2n) is 4.94. The van der Waals surface area contributed by atoms with E-state index in [1.54, 1.807) is 12.1 Å². The molecule has 2 aromatic rings. The molecule has 1 aliphatic rings. The molecule has 96 valence electrons. The summed E-state index contributed by atoms with van der Waals surface area (Å²) in [5.74, 6) is 1.25. The first kappa shape index (κ1) is 11.8. The summed E-state index contributed by atoms with van der Waals surface area (Å²) in [6.07, 6.45) is 0. The molecule has 0 aromatic heterocycles. The molecule has 0 fully saturated rings. The molecule has 0 aliphatic carbocycles. The molecule has 0 saturated carbocycles. The van der Waals surface area contributed by atoms with E-state index in [1.165, 1.54) is 16.7 Å². The fourth-order valence-corrected chi connectivity index (χ4v) is 2.44. The number of aryl methyl sites for hydroxylation is 1. The van der Waals surface area contributed by atoms with E-state index >= 15 is 0 Å². The molecule has 2 aromatic carbocycles. The summed E-state index contributed by atoms with van der Waals surface area (Å²) in [5, 5.41) is 9.36. The second-order valence-corrected chi connectivity index (χ2v) is 4.94. The molecule has 1 N–H and O–H groups in total. The summed E-state index contributed by atoms with van der Waals surface area (Å²) in [7, 11) is 0. The third kappa shape index (κ3) is 2.10. The predicted octanol–water partition coefficient (Wildman–Crippen LogP) is 4.02. The summed E-state index contributed by atoms with van der Waals surface area (Å²) in [4.78, 5) is 0. The predicted molar refractivity (Wildman–Crippen MR) is 77.3 cm³/mol. The van der Waals surface area contributed by atoms with Gasteiger partial charge < -0.3 is 9.84 Å². The smallest absolute Gasteiger partial charge is 0.127 e. The summed E-state index contributed by atoms with van der Waals surface area (Å²) in [5.41, 5.74) is 5.88. The van der Waals surface area contributed by atoms with Gasteiger partial charge in [-0.3, -0.25) is 0 Å². The maximum atomic E-state index is 9.36. The number of aromatic hydroxyl groups is 1. The summed E-state index contributed by atoms with van der Waals surface area (Å²) in [6, 6.07) is 13.6. The highest BCUT2D eigenvalue weighted by Gasteiger charge is 2.18. The average molecular weight is 252 g/mol. The molecule has 1 heterocycles. The van der Waals surface area contributed by atoms with Crippen LogP contribution in [0.15, 0.2) is 42.5 Å². The molecule has 1 aliphatic heterocycles. The van der Waals surface area contributed by atoms with E-state index in [2.05, 4.69) is 32.0 Å². The van der Waals surface area contributed by atoms with Gasteiger partial charge in [-0.2, -0.15) is 0 Å². The lowest BCUT2D eigenvalue weighted by atomic mass is 9.93. The van der Waals surface area contributed by atoms with Crippen LogP contribution in [0.4, 0.5) is 0 Å². The van der Waals surface area contributed by atoms with E-state index in [4.69, 9.17) is 4.74 Å². The van der Waals surface area contributed by atoms with Crippen LogP contribution >= 0.6 is 0 Å². The molecule has 2 heteroatoms. The van der Waals surface area contributed by atoms with Crippen LogP contribution in [0.2, 0.25) is 0 Å². The van der Waals surface area contributed by atoms with Crippen LogP contribution in [-0.2, 0) is 0 Å². The number of allylic oxidation sites excluding steroid dienone is 1. The number of benzene rings is 2. The van der Waals surface area contributed by atoms with Crippen LogP contribution in [0, 0.1) is 6.92 Å². The minimum atomic E-state index is 0.287. The van der Waals surface area contributed by atoms with E-state index in [0.717, 1.165) is 16.9 Å². The number of hydrogen-bond donors (Lipinski definition) is 1. The maximum absolute atomic E-state index is 9.36. The zero-order valence-electron chi connectivity index (χ0n) is 11.1. The lowest BCUT2D eigenvalue weighted by Gasteiger charge is -2.23. The van der Waals surface area contributed by atoms with Crippen molar-refractivity contribution >= 4 is 11.1 Å². The van der Waals surface area contributed by atoms with Gasteiger partial charge in [-0.05, 0) is 48.7 Å². The third-order valence-electron chi connectivity index (χ3n) is 3.58. The fourth-order valence-electron chi connectivity index (χ4n) is 2.44. The average Bonchev–Trinajstić information content (AvgIpc) is 2.40. The Labute approximate surface area is 113 Å². The van der Waals surface area contributed by atoms with Gasteiger partial charge in [0.2, 0.25) is 0 Å². The Bertz CT molecular complexity index is 651. The molecule has 0 bridgehead atoms. The molecule has 3 rings (SSSR count). The Morgan fingerprint density at radius 1 is 1.00 bits per heavy atom. The molecule has 0 spiro atoms. The normalized spacial score (nSPS) is 14.0. The molecule has 19 heavy (non-hydrogen) atoms. The fraction of sp³-hybridized carbons (Fsp3) is 0.176. The Morgan fingerprint density at radius 2 is 1.74 bits per heavy atom. The first-order chi connectivity index (χ1) is 9.15. The number of hydrogen-bond acceptors (Lipinski definition) is 2. The lowest BCUT2D eigenvalue weighted by molar-refractivity contribution is 0.364. The second kappa shape index (κ2) is 4.47. The van der Waals surface area contributed by atoms with E-state index < -0.39 is 0 Å². The molecule has 0 atom stereocenters. The van der Waals surface area contributed by atoms with Crippen LogP contribution in [0.3, 0.4) is 0 Å². The first-order valence-electron chi connectivity index (χ1n) is 6.38. The number of phenols is 1. The number of ether oxygens (including phenoxy) is 1. The van der Waals surface area contributed by atoms with Gasteiger partial charge in [0.15, 0.2) is 0 Å². The topological polar surface area (TPSA) is 29.5 Å². The minimum Gasteiger partial charge on any atom is -0.508 e. The Hall–Kier alpha value is -2.22. The van der Waals surface area contributed by atoms with E-state index in [9.17, 15) is 5.11 Å². The van der Waals surface area contributed by atoms with Crippen molar-refractivity contribution in [3.8, 4) is 11.5 Å². The van der Waals surface area contributed by atoms with Crippen LogP contribution in [-0.4, -0.2) is 11.7 Å². The number of fused-ring (bicyclic) bond motifs is 1. The SMILES string of the molecule is CC1=C(c2ccc(O)cc2)COc2cc(C)ccc21. The molecule has 0 saturated heterocycles. The van der Waals surface area contributed by atoms with E-state index in [-0.39, 0.29) is 5.75 Å². The van der Waals surface area contributed by atoms with Crippen LogP contribution in [0.1, 0.15) is 23.6 Å². The van der Waals surface area contributed by atoms with Crippen molar-refractivity contribution in [2.45, 2.75) is 13.8 Å². The van der Waals surface area contributed by atoms with Crippen LogP contribution in [0.25, 0.3) is 11.1 Å². The molecule has 2 nitrogen and oxygen atoms in total. The highest BCUT2D eigenvalue weighted by molar-refractivity contribution is 5.93. The molecule has 0 amide bonds. The standard InChI is InChI=1S/C17H16O2/c1-11-3-8-15-12(2)16(10-19-17(15)9-11)13-4-6-14(18)7-5-13/h3-9,18H,10H2,1-2H3. The molecule has 0 radical (unpaired) electrons. The zero-order chi connectivity index (χ0) is 13.4. The Balaban J connectivity index is 2.10. The highest BCUT2D eigenvalue weighted by Crippen LogP contribution is 2.37. The van der Waals surface area contributed by atoms with Crippen molar-refractivity contribution in [2.24, 2.45) is 0 Å². The lowest BCUT2D eigenvalue weighted by Crippen LogP contribution is -2.09. The van der Waals surface area contributed by atoms with Crippen molar-refractivity contribution < 1.29 is 9.84 Å². The quantitative estimate of drug-likeness (QED) is 0.830. The number of rotatable bonds is 1. The van der Waals surface area contributed by atoms with E-state index in [0.29, 0.717) is 6.61 Å². The monoisotopic (exact) mass is 252 g/mol. The molecule has 0 unspecified atom stereocenters. The van der Waals surface area contributed by atoms with Crippen molar-refractivity contribution in [1.29, 1.82) is 0 Å². The highest BCUT2D eigenvalue weighted by atomic mass is 16.5. The summed E-state index contributed by atoms with van der Waals surface area (Å²) >= 11 is 0. The Morgan fingerprint density at radius 3 is 2.47 bits per heavy atom. The van der Waals surface area contributed by atoms with Crippen LogP contribution in [0.5, 0.6) is 11.5 Å². The zero-order valence-corrected chi connectivity index (χ0v) is 11.1. The van der Waals surface area contributed by atoms with Gasteiger partial charge in [0.05, 0.1) is 0 Å². The van der Waals surface area contributed by atoms with Gasteiger partial charge in [0.25, 0.3) is 0 Å². The first-order valence-corrected chi connectivity index (χ1v) is 6.38. The van der Waals surface area contributed by atoms with Crippen molar-refractivity contribution in [1.82, 2.24) is 0 Å². The van der Waals surface area contributed by atoms with Crippen molar-refractivity contribution in [3.05, 3.63) is 59.2 Å². The van der Waals surface area contributed by atoms with Crippen molar-refractivity contribution in [2.75, 3.05) is 6.61 Å². The van der Waals surface area contributed by atoms with Gasteiger partial charge in [0, 0.05) is 11.1 Å². The van der Waals surface area contributed by atoms with E-state index in [1.807, 2.05) is 12.1 Å². The van der Waals surface area contributed by atoms with Gasteiger partial charge in [-0.1, -0.05) is 24.3 Å². The summed E-state index contributed by atoms with van der Waals surface area (Å²) < 4.78 is 5.85. The van der Waals surface area contributed by atoms with Crippen molar-refractivity contribution in [3.63, 3.8) is 0 Å². The minimum absolute atomic E-state index is 0.287. The maximum Gasteiger partial charge on any atom is 0.127 e. The third-order valence-corrected chi connectivity index (χ3v) is 3.58. The number of phenolic OH excluding ortho intramolecular Hbond substituents is 1. The largest absolute Gasteiger partial charge is 0.508 e.